The molecule has 0 radical (unpaired) electrons. The summed E-state index contributed by atoms with van der Waals surface area (Å²) in [5, 5.41) is 4.22. The maximum atomic E-state index is 5.72. The third-order valence-corrected chi connectivity index (χ3v) is 3.20. The van der Waals surface area contributed by atoms with E-state index in [1.807, 2.05) is 6.92 Å². The second kappa shape index (κ2) is 5.91. The van der Waals surface area contributed by atoms with Crippen molar-refractivity contribution in [3.05, 3.63) is 0 Å². The molecule has 1 rings (SSSR count). The highest BCUT2D eigenvalue weighted by molar-refractivity contribution is 7.11. The largest absolute Gasteiger partial charge is 0.487 e. The quantitative estimate of drug-likeness (QED) is 0.793. The minimum absolute atomic E-state index is 0.442. The Morgan fingerprint density at radius 1 is 1.56 bits per heavy atom. The van der Waals surface area contributed by atoms with E-state index in [1.54, 1.807) is 0 Å². The van der Waals surface area contributed by atoms with Crippen molar-refractivity contribution in [1.29, 1.82) is 0 Å². The molecule has 0 fully saturated rings. The number of nitrogen functional groups attached to an aromatic ring is 1. The first-order valence-electron chi connectivity index (χ1n) is 5.34. The monoisotopic (exact) mass is 244 g/mol. The second-order valence-electron chi connectivity index (χ2n) is 3.85. The lowest BCUT2D eigenvalue weighted by atomic mass is 10.3. The number of likely N-dealkylation sites (N-methyl/N-ethyl adjacent to an activating group) is 1. The lowest BCUT2D eigenvalue weighted by molar-refractivity contribution is 0.324. The van der Waals surface area contributed by atoms with E-state index in [4.69, 9.17) is 10.5 Å². The smallest absolute Gasteiger partial charge is 0.197 e. The summed E-state index contributed by atoms with van der Waals surface area (Å²) in [6, 6.07) is 0.442. The van der Waals surface area contributed by atoms with Crippen LogP contribution in [0.2, 0.25) is 0 Å². The van der Waals surface area contributed by atoms with Crippen molar-refractivity contribution in [2.24, 2.45) is 0 Å². The molecular formula is C10H20N4OS. The number of rotatable bonds is 6. The minimum Gasteiger partial charge on any atom is -0.487 e. The van der Waals surface area contributed by atoms with Crippen molar-refractivity contribution >= 4 is 22.4 Å². The zero-order valence-electron chi connectivity index (χ0n) is 10.3. The predicted molar refractivity (Wildman–Crippen MR) is 69.3 cm³/mol. The van der Waals surface area contributed by atoms with Crippen LogP contribution < -0.4 is 15.8 Å². The highest BCUT2D eigenvalue weighted by Gasteiger charge is 2.13. The van der Waals surface area contributed by atoms with E-state index in [1.165, 1.54) is 11.5 Å². The van der Waals surface area contributed by atoms with E-state index in [-0.39, 0.29) is 0 Å². The molecule has 0 saturated heterocycles. The molecule has 1 atom stereocenters. The molecular weight excluding hydrogens is 224 g/mol. The molecule has 0 bridgehead atoms. The molecule has 1 heterocycles. The molecule has 1 unspecified atom stereocenters. The molecule has 92 valence electrons. The van der Waals surface area contributed by atoms with Gasteiger partial charge in [-0.1, -0.05) is 0 Å². The Balaban J connectivity index is 2.59. The minimum atomic E-state index is 0.442. The summed E-state index contributed by atoms with van der Waals surface area (Å²) >= 11 is 1.34. The second-order valence-corrected chi connectivity index (χ2v) is 4.63. The van der Waals surface area contributed by atoms with Gasteiger partial charge in [0.15, 0.2) is 16.6 Å². The Morgan fingerprint density at radius 2 is 2.25 bits per heavy atom. The summed E-state index contributed by atoms with van der Waals surface area (Å²) in [6.07, 6.45) is 0. The number of hydrogen-bond donors (Lipinski definition) is 2. The fraction of sp³-hybridized carbons (Fsp3) is 0.700. The number of ether oxygens (including phenoxy) is 1. The van der Waals surface area contributed by atoms with Crippen molar-refractivity contribution in [2.45, 2.75) is 19.9 Å². The average molecular weight is 244 g/mol. The molecule has 0 amide bonds. The van der Waals surface area contributed by atoms with Crippen LogP contribution in [0.5, 0.6) is 5.75 Å². The number of nitrogens with zero attached hydrogens (tertiary/aromatic N) is 2. The van der Waals surface area contributed by atoms with Crippen LogP contribution in [0.25, 0.3) is 0 Å². The van der Waals surface area contributed by atoms with Gasteiger partial charge in [-0.25, -0.2) is 0 Å². The van der Waals surface area contributed by atoms with Crippen LogP contribution >= 0.6 is 11.5 Å². The van der Waals surface area contributed by atoms with E-state index in [9.17, 15) is 0 Å². The molecule has 0 spiro atoms. The Bertz CT molecular complexity index is 327. The van der Waals surface area contributed by atoms with Gasteiger partial charge >= 0.3 is 0 Å². The topological polar surface area (TPSA) is 63.4 Å². The van der Waals surface area contributed by atoms with Crippen LogP contribution in [-0.4, -0.2) is 42.6 Å². The Hall–Kier alpha value is -1.01. The maximum absolute atomic E-state index is 5.72. The van der Waals surface area contributed by atoms with Gasteiger partial charge in [-0.15, -0.1) is 0 Å². The van der Waals surface area contributed by atoms with E-state index >= 15 is 0 Å². The fourth-order valence-electron chi connectivity index (χ4n) is 1.11. The Morgan fingerprint density at radius 3 is 2.81 bits per heavy atom. The number of aromatic nitrogens is 1. The van der Waals surface area contributed by atoms with Gasteiger partial charge in [0.05, 0.1) is 6.61 Å². The van der Waals surface area contributed by atoms with Gasteiger partial charge in [0, 0.05) is 12.6 Å². The first-order chi connectivity index (χ1) is 7.56. The molecule has 0 aliphatic carbocycles. The summed E-state index contributed by atoms with van der Waals surface area (Å²) in [7, 11) is 4.10. The van der Waals surface area contributed by atoms with Crippen molar-refractivity contribution in [3.8, 4) is 5.75 Å². The van der Waals surface area contributed by atoms with Crippen molar-refractivity contribution in [2.75, 3.05) is 38.3 Å². The summed E-state index contributed by atoms with van der Waals surface area (Å²) < 4.78 is 9.52. The third-order valence-electron chi connectivity index (χ3n) is 2.40. The molecule has 5 nitrogen and oxygen atoms in total. The Kier molecular flexibility index (Phi) is 4.82. The van der Waals surface area contributed by atoms with Gasteiger partial charge in [-0.3, -0.25) is 0 Å². The molecule has 0 saturated carbocycles. The van der Waals surface area contributed by atoms with Crippen LogP contribution in [0.1, 0.15) is 13.8 Å². The SMILES string of the molecule is CCOc1c(N)nsc1NCC(C)N(C)C. The number of nitrogens with one attached hydrogen (secondary N) is 1. The van der Waals surface area contributed by atoms with E-state index in [2.05, 4.69) is 35.6 Å². The summed E-state index contributed by atoms with van der Waals surface area (Å²) in [5.74, 6) is 1.14. The molecule has 6 heteroatoms. The van der Waals surface area contributed by atoms with Gasteiger partial charge < -0.3 is 20.7 Å². The Labute approximate surface area is 101 Å². The normalized spacial score (nSPS) is 12.8. The lowest BCUT2D eigenvalue weighted by Gasteiger charge is -2.20. The first-order valence-corrected chi connectivity index (χ1v) is 6.11. The van der Waals surface area contributed by atoms with Crippen molar-refractivity contribution in [3.63, 3.8) is 0 Å². The standard InChI is InChI=1S/C10H20N4OS/c1-5-15-8-9(11)13-16-10(8)12-6-7(2)14(3)4/h7,12H,5-6H2,1-4H3,(H2,11,13). The molecule has 0 aromatic carbocycles. The fourth-order valence-corrected chi connectivity index (χ4v) is 1.78. The molecule has 0 aliphatic heterocycles. The number of hydrogen-bond acceptors (Lipinski definition) is 6. The highest BCUT2D eigenvalue weighted by atomic mass is 32.1. The zero-order valence-corrected chi connectivity index (χ0v) is 11.1. The number of nitrogens with two attached hydrogens (primary N) is 1. The summed E-state index contributed by atoms with van der Waals surface area (Å²) in [5.41, 5.74) is 5.72. The number of anilines is 2. The van der Waals surface area contributed by atoms with E-state index < -0.39 is 0 Å². The van der Waals surface area contributed by atoms with Crippen molar-refractivity contribution in [1.82, 2.24) is 9.27 Å². The summed E-state index contributed by atoms with van der Waals surface area (Å²) in [6.45, 7) is 5.52. The molecule has 16 heavy (non-hydrogen) atoms. The van der Waals surface area contributed by atoms with Crippen LogP contribution in [0.3, 0.4) is 0 Å². The van der Waals surface area contributed by atoms with E-state index in [0.29, 0.717) is 24.2 Å². The molecule has 1 aromatic heterocycles. The lowest BCUT2D eigenvalue weighted by Crippen LogP contribution is -2.31. The van der Waals surface area contributed by atoms with Gasteiger partial charge in [-0.2, -0.15) is 4.37 Å². The zero-order chi connectivity index (χ0) is 12.1. The third kappa shape index (κ3) is 3.24. The van der Waals surface area contributed by atoms with Gasteiger partial charge in [0.1, 0.15) is 0 Å². The van der Waals surface area contributed by atoms with Crippen LogP contribution in [-0.2, 0) is 0 Å². The molecule has 1 aromatic rings. The van der Waals surface area contributed by atoms with Crippen LogP contribution in [0, 0.1) is 0 Å². The van der Waals surface area contributed by atoms with Gasteiger partial charge in [-0.05, 0) is 39.5 Å². The molecule has 3 N–H and O–H groups in total. The first kappa shape index (κ1) is 13.1. The van der Waals surface area contributed by atoms with Crippen LogP contribution in [0.4, 0.5) is 10.8 Å². The molecule has 0 aliphatic rings. The van der Waals surface area contributed by atoms with Gasteiger partial charge in [0.25, 0.3) is 0 Å². The highest BCUT2D eigenvalue weighted by Crippen LogP contribution is 2.34. The summed E-state index contributed by atoms with van der Waals surface area (Å²) in [4.78, 5) is 2.15. The van der Waals surface area contributed by atoms with E-state index in [0.717, 1.165) is 11.5 Å². The van der Waals surface area contributed by atoms with Gasteiger partial charge in [0.2, 0.25) is 0 Å². The van der Waals surface area contributed by atoms with Crippen molar-refractivity contribution < 1.29 is 4.74 Å². The predicted octanol–water partition coefficient (Wildman–Crippen LogP) is 1.49. The average Bonchev–Trinajstić information content (AvgIpc) is 2.58. The maximum Gasteiger partial charge on any atom is 0.197 e. The van der Waals surface area contributed by atoms with Crippen LogP contribution in [0.15, 0.2) is 0 Å².